The standard InChI is InChI=1S/C27H55NO3S/c1-9-10-11-12-13-14-15-16-17-18-19-20-21-22-32(30,31)28-24(29)27(8,26(5,6)7)23-25(2,3)4/h9-23H2,1-8H3,(H,28,29). The summed E-state index contributed by atoms with van der Waals surface area (Å²) in [4.78, 5) is 13.0. The van der Waals surface area contributed by atoms with Crippen molar-refractivity contribution in [3.63, 3.8) is 0 Å². The van der Waals surface area contributed by atoms with Gasteiger partial charge < -0.3 is 0 Å². The minimum atomic E-state index is -3.59. The molecule has 4 nitrogen and oxygen atoms in total. The molecule has 0 bridgehead atoms. The van der Waals surface area contributed by atoms with Gasteiger partial charge in [0.25, 0.3) is 0 Å². The van der Waals surface area contributed by atoms with Gasteiger partial charge in [0.15, 0.2) is 0 Å². The number of rotatable bonds is 17. The third kappa shape index (κ3) is 13.9. The molecule has 1 amide bonds. The van der Waals surface area contributed by atoms with Crippen molar-refractivity contribution in [3.05, 3.63) is 0 Å². The second kappa shape index (κ2) is 14.6. The first kappa shape index (κ1) is 31.4. The van der Waals surface area contributed by atoms with Crippen LogP contribution in [0.15, 0.2) is 0 Å². The third-order valence-corrected chi connectivity index (χ3v) is 8.13. The number of carbonyl (C=O) groups excluding carboxylic acids is 1. The molecular weight excluding hydrogens is 418 g/mol. The zero-order valence-electron chi connectivity index (χ0n) is 22.7. The van der Waals surface area contributed by atoms with E-state index >= 15 is 0 Å². The molecule has 0 fully saturated rings. The van der Waals surface area contributed by atoms with Crippen molar-refractivity contribution in [1.29, 1.82) is 0 Å². The lowest BCUT2D eigenvalue weighted by atomic mass is 9.61. The van der Waals surface area contributed by atoms with Crippen LogP contribution >= 0.6 is 0 Å². The molecule has 0 aromatic rings. The summed E-state index contributed by atoms with van der Waals surface area (Å²) in [5, 5.41) is 0. The topological polar surface area (TPSA) is 63.2 Å². The van der Waals surface area contributed by atoms with Crippen LogP contribution in [0.25, 0.3) is 0 Å². The van der Waals surface area contributed by atoms with Crippen LogP contribution in [-0.4, -0.2) is 20.1 Å². The highest BCUT2D eigenvalue weighted by atomic mass is 32.2. The van der Waals surface area contributed by atoms with Gasteiger partial charge in [-0.3, -0.25) is 9.52 Å². The zero-order chi connectivity index (χ0) is 24.9. The smallest absolute Gasteiger partial charge is 0.239 e. The summed E-state index contributed by atoms with van der Waals surface area (Å²) in [7, 11) is -3.59. The number of nitrogens with one attached hydrogen (secondary N) is 1. The van der Waals surface area contributed by atoms with Gasteiger partial charge in [0.05, 0.1) is 11.2 Å². The van der Waals surface area contributed by atoms with Crippen LogP contribution in [0.3, 0.4) is 0 Å². The number of unbranched alkanes of at least 4 members (excludes halogenated alkanes) is 12. The Balaban J connectivity index is 4.21. The first-order valence-corrected chi connectivity index (χ1v) is 14.8. The van der Waals surface area contributed by atoms with Crippen LogP contribution in [0.4, 0.5) is 0 Å². The van der Waals surface area contributed by atoms with Crippen molar-refractivity contribution in [2.24, 2.45) is 16.2 Å². The second-order valence-electron chi connectivity index (χ2n) is 12.3. The Labute approximate surface area is 201 Å². The van der Waals surface area contributed by atoms with Gasteiger partial charge >= 0.3 is 0 Å². The summed E-state index contributed by atoms with van der Waals surface area (Å²) >= 11 is 0. The zero-order valence-corrected chi connectivity index (χ0v) is 23.6. The third-order valence-electron chi connectivity index (χ3n) is 6.81. The Hall–Kier alpha value is -0.580. The van der Waals surface area contributed by atoms with Crippen molar-refractivity contribution in [1.82, 2.24) is 4.72 Å². The lowest BCUT2D eigenvalue weighted by Crippen LogP contribution is -2.51. The Kier molecular flexibility index (Phi) is 14.4. The molecule has 1 unspecified atom stereocenters. The second-order valence-corrected chi connectivity index (χ2v) is 14.2. The molecule has 0 saturated heterocycles. The summed E-state index contributed by atoms with van der Waals surface area (Å²) in [5.74, 6) is -0.332. The summed E-state index contributed by atoms with van der Waals surface area (Å²) < 4.78 is 27.5. The quantitative estimate of drug-likeness (QED) is 0.218. The van der Waals surface area contributed by atoms with Gasteiger partial charge in [-0.2, -0.15) is 0 Å². The Bertz CT molecular complexity index is 614. The molecule has 1 atom stereocenters. The predicted octanol–water partition coefficient (Wildman–Crippen LogP) is 8.01. The molecule has 192 valence electrons. The average Bonchev–Trinajstić information content (AvgIpc) is 2.62. The van der Waals surface area contributed by atoms with Crippen LogP contribution in [0.5, 0.6) is 0 Å². The molecule has 1 N–H and O–H groups in total. The van der Waals surface area contributed by atoms with E-state index in [4.69, 9.17) is 0 Å². The van der Waals surface area contributed by atoms with Crippen molar-refractivity contribution >= 4 is 15.9 Å². The molecule has 0 aromatic carbocycles. The van der Waals surface area contributed by atoms with Gasteiger partial charge in [0, 0.05) is 0 Å². The number of hydrogen-bond donors (Lipinski definition) is 1. The van der Waals surface area contributed by atoms with E-state index in [9.17, 15) is 13.2 Å². The van der Waals surface area contributed by atoms with Crippen molar-refractivity contribution < 1.29 is 13.2 Å². The van der Waals surface area contributed by atoms with E-state index < -0.39 is 15.4 Å². The van der Waals surface area contributed by atoms with Crippen LogP contribution in [-0.2, 0) is 14.8 Å². The van der Waals surface area contributed by atoms with Gasteiger partial charge in [0.2, 0.25) is 15.9 Å². The molecule has 0 aliphatic heterocycles. The summed E-state index contributed by atoms with van der Waals surface area (Å²) in [6, 6.07) is 0. The maximum absolute atomic E-state index is 13.0. The van der Waals surface area contributed by atoms with E-state index in [-0.39, 0.29) is 22.5 Å². The Morgan fingerprint density at radius 1 is 0.656 bits per heavy atom. The van der Waals surface area contributed by atoms with Gasteiger partial charge in [0.1, 0.15) is 0 Å². The Morgan fingerprint density at radius 3 is 1.38 bits per heavy atom. The van der Waals surface area contributed by atoms with E-state index in [1.807, 2.05) is 27.7 Å². The lowest BCUT2D eigenvalue weighted by molar-refractivity contribution is -0.136. The molecule has 0 spiro atoms. The molecule has 0 saturated carbocycles. The Morgan fingerprint density at radius 2 is 1.03 bits per heavy atom. The highest BCUT2D eigenvalue weighted by Crippen LogP contribution is 2.46. The first-order valence-electron chi connectivity index (χ1n) is 13.2. The molecule has 0 radical (unpaired) electrons. The summed E-state index contributed by atoms with van der Waals surface area (Å²) in [6.45, 7) is 16.5. The maximum Gasteiger partial charge on any atom is 0.239 e. The minimum absolute atomic E-state index is 0.0340. The van der Waals surface area contributed by atoms with Crippen molar-refractivity contribution in [2.45, 2.75) is 145 Å². The van der Waals surface area contributed by atoms with Crippen LogP contribution in [0, 0.1) is 16.2 Å². The van der Waals surface area contributed by atoms with E-state index in [1.165, 1.54) is 64.2 Å². The van der Waals surface area contributed by atoms with Gasteiger partial charge in [-0.25, -0.2) is 8.42 Å². The summed E-state index contributed by atoms with van der Waals surface area (Å²) in [5.41, 5.74) is -1.16. The fourth-order valence-corrected chi connectivity index (χ4v) is 5.56. The average molecular weight is 474 g/mol. The highest BCUT2D eigenvalue weighted by molar-refractivity contribution is 7.90. The molecule has 0 aromatic heterocycles. The van der Waals surface area contributed by atoms with Crippen LogP contribution < -0.4 is 4.72 Å². The molecule has 0 rings (SSSR count). The van der Waals surface area contributed by atoms with Gasteiger partial charge in [-0.05, 0) is 23.7 Å². The number of carbonyl (C=O) groups is 1. The number of sulfonamides is 1. The molecule has 5 heteroatoms. The van der Waals surface area contributed by atoms with E-state index in [0.29, 0.717) is 12.8 Å². The molecular formula is C27H55NO3S. The fourth-order valence-electron chi connectivity index (χ4n) is 4.36. The van der Waals surface area contributed by atoms with Crippen LogP contribution in [0.1, 0.15) is 145 Å². The minimum Gasteiger partial charge on any atom is -0.273 e. The normalized spacial score (nSPS) is 14.9. The SMILES string of the molecule is CCCCCCCCCCCCCCCS(=O)(=O)NC(=O)C(C)(CC(C)(C)C)C(C)(C)C. The lowest BCUT2D eigenvalue weighted by Gasteiger charge is -2.44. The molecule has 32 heavy (non-hydrogen) atoms. The highest BCUT2D eigenvalue weighted by Gasteiger charge is 2.47. The van der Waals surface area contributed by atoms with Crippen molar-refractivity contribution in [3.8, 4) is 0 Å². The monoisotopic (exact) mass is 473 g/mol. The molecule has 0 heterocycles. The van der Waals surface area contributed by atoms with Crippen LogP contribution in [0.2, 0.25) is 0 Å². The first-order chi connectivity index (χ1) is 14.6. The predicted molar refractivity (Wildman–Crippen MR) is 139 cm³/mol. The van der Waals surface area contributed by atoms with E-state index in [1.54, 1.807) is 0 Å². The molecule has 0 aliphatic rings. The summed E-state index contributed by atoms with van der Waals surface area (Å²) in [6.07, 6.45) is 16.4. The van der Waals surface area contributed by atoms with Gasteiger partial charge in [-0.15, -0.1) is 0 Å². The van der Waals surface area contributed by atoms with E-state index in [0.717, 1.165) is 12.8 Å². The van der Waals surface area contributed by atoms with Gasteiger partial charge in [-0.1, -0.05) is 132 Å². The maximum atomic E-state index is 13.0. The van der Waals surface area contributed by atoms with E-state index in [2.05, 4.69) is 32.4 Å². The fraction of sp³-hybridized carbons (Fsp3) is 0.963. The largest absolute Gasteiger partial charge is 0.273 e. The number of amides is 1. The molecule has 0 aliphatic carbocycles. The number of hydrogen-bond acceptors (Lipinski definition) is 3. The van der Waals surface area contributed by atoms with Crippen molar-refractivity contribution in [2.75, 3.05) is 5.75 Å².